The van der Waals surface area contributed by atoms with Crippen molar-refractivity contribution in [3.8, 4) is 5.75 Å². The third kappa shape index (κ3) is 4.68. The highest BCUT2D eigenvalue weighted by molar-refractivity contribution is 5.83. The third-order valence-electron chi connectivity index (χ3n) is 4.82. The summed E-state index contributed by atoms with van der Waals surface area (Å²) in [4.78, 5) is 2.88. The van der Waals surface area contributed by atoms with Crippen molar-refractivity contribution in [1.82, 2.24) is 0 Å². The second-order valence-electron chi connectivity index (χ2n) is 6.65. The van der Waals surface area contributed by atoms with Crippen molar-refractivity contribution >= 4 is 10.8 Å². The summed E-state index contributed by atoms with van der Waals surface area (Å²) in [7, 11) is 0. The summed E-state index contributed by atoms with van der Waals surface area (Å²) in [5.74, 6) is 0.806. The molecule has 1 unspecified atom stereocenters. The van der Waals surface area contributed by atoms with Gasteiger partial charge in [-0.2, -0.15) is 0 Å². The molecule has 0 amide bonds. The van der Waals surface area contributed by atoms with Gasteiger partial charge >= 0.3 is 0 Å². The molecule has 1 aliphatic rings. The zero-order chi connectivity index (χ0) is 16.8. The van der Waals surface area contributed by atoms with Crippen LogP contribution in [0.3, 0.4) is 0 Å². The Labute approximate surface area is 143 Å². The molecule has 2 aromatic rings. The molecule has 1 fully saturated rings. The van der Waals surface area contributed by atoms with Gasteiger partial charge in [0.05, 0.1) is 6.61 Å². The van der Waals surface area contributed by atoms with E-state index in [1.54, 1.807) is 0 Å². The molecule has 24 heavy (non-hydrogen) atoms. The van der Waals surface area contributed by atoms with Crippen LogP contribution in [0.4, 0.5) is 0 Å². The van der Waals surface area contributed by atoms with Crippen LogP contribution in [-0.2, 0) is 0 Å². The Balaban J connectivity index is 1.44. The van der Waals surface area contributed by atoms with E-state index in [1.165, 1.54) is 15.2 Å². The van der Waals surface area contributed by atoms with E-state index in [2.05, 4.69) is 12.1 Å². The van der Waals surface area contributed by atoms with Gasteiger partial charge in [-0.05, 0) is 22.9 Å². The Kier molecular flexibility index (Phi) is 6.04. The number of hydrogen-bond acceptors (Lipinski definition) is 3. The zero-order valence-corrected chi connectivity index (χ0v) is 14.1. The highest BCUT2D eigenvalue weighted by atomic mass is 16.5. The van der Waals surface area contributed by atoms with Gasteiger partial charge in [-0.15, -0.1) is 0 Å². The van der Waals surface area contributed by atoms with E-state index < -0.39 is 6.10 Å². The molecule has 0 aliphatic carbocycles. The largest absolute Gasteiger partial charge is 0.491 e. The van der Waals surface area contributed by atoms with Gasteiger partial charge in [0.15, 0.2) is 0 Å². The Bertz CT molecular complexity index is 641. The van der Waals surface area contributed by atoms with Gasteiger partial charge in [0, 0.05) is 0 Å². The summed E-state index contributed by atoms with van der Waals surface area (Å²) in [6, 6.07) is 14.2. The summed E-state index contributed by atoms with van der Waals surface area (Å²) < 4.78 is 5.78. The lowest BCUT2D eigenvalue weighted by Crippen LogP contribution is -3.28. The molecule has 130 valence electrons. The number of ether oxygens (including phenoxy) is 1. The lowest BCUT2D eigenvalue weighted by molar-refractivity contribution is -1.01. The molecule has 0 bridgehead atoms. The lowest BCUT2D eigenvalue weighted by Gasteiger charge is -2.30. The van der Waals surface area contributed by atoms with Gasteiger partial charge in [-0.3, -0.25) is 0 Å². The van der Waals surface area contributed by atoms with E-state index in [0.717, 1.165) is 50.4 Å². The minimum atomic E-state index is -0.453. The molecule has 4 N–H and O–H groups in total. The predicted octanol–water partition coefficient (Wildman–Crippen LogP) is -1.64. The molecule has 2 aromatic carbocycles. The molecule has 3 rings (SSSR count). The number of benzene rings is 2. The first-order chi connectivity index (χ1) is 11.7. The van der Waals surface area contributed by atoms with Gasteiger partial charge in [0.2, 0.25) is 0 Å². The van der Waals surface area contributed by atoms with Crippen molar-refractivity contribution < 1.29 is 24.7 Å². The molecular formula is C19H28N2O3+2. The SMILES string of the molecule is OCC[NH+]1CC[NH+](CC(O)COc2ccc3ccccc3c2)CC1. The van der Waals surface area contributed by atoms with Gasteiger partial charge in [0.25, 0.3) is 0 Å². The number of aliphatic hydroxyl groups excluding tert-OH is 2. The molecular weight excluding hydrogens is 304 g/mol. The number of rotatable bonds is 7. The second-order valence-corrected chi connectivity index (χ2v) is 6.65. The monoisotopic (exact) mass is 332 g/mol. The van der Waals surface area contributed by atoms with E-state index in [0.29, 0.717) is 6.61 Å². The minimum Gasteiger partial charge on any atom is -0.491 e. The van der Waals surface area contributed by atoms with Crippen molar-refractivity contribution in [2.24, 2.45) is 0 Å². The fraction of sp³-hybridized carbons (Fsp3) is 0.474. The molecule has 0 aromatic heterocycles. The first-order valence-electron chi connectivity index (χ1n) is 8.82. The number of nitrogens with one attached hydrogen (secondary N) is 2. The smallest absolute Gasteiger partial charge is 0.137 e. The van der Waals surface area contributed by atoms with Crippen LogP contribution in [0.1, 0.15) is 0 Å². The summed E-state index contributed by atoms with van der Waals surface area (Å²) in [5.41, 5.74) is 0. The molecule has 5 nitrogen and oxygen atoms in total. The number of fused-ring (bicyclic) bond motifs is 1. The fourth-order valence-electron chi connectivity index (χ4n) is 3.41. The topological polar surface area (TPSA) is 58.6 Å². The number of quaternary nitrogens is 2. The zero-order valence-electron chi connectivity index (χ0n) is 14.1. The van der Waals surface area contributed by atoms with E-state index in [-0.39, 0.29) is 6.61 Å². The summed E-state index contributed by atoms with van der Waals surface area (Å²) in [6.45, 7) is 6.36. The van der Waals surface area contributed by atoms with Crippen LogP contribution in [0.2, 0.25) is 0 Å². The van der Waals surface area contributed by atoms with Gasteiger partial charge in [-0.1, -0.05) is 30.3 Å². The molecule has 0 saturated carbocycles. The van der Waals surface area contributed by atoms with Crippen LogP contribution in [-0.4, -0.2) is 68.8 Å². The first-order valence-corrected chi connectivity index (χ1v) is 8.82. The van der Waals surface area contributed by atoms with Crippen molar-refractivity contribution in [2.75, 3.05) is 52.5 Å². The van der Waals surface area contributed by atoms with Crippen LogP contribution >= 0.6 is 0 Å². The Morgan fingerprint density at radius 2 is 1.67 bits per heavy atom. The number of piperazine rings is 1. The van der Waals surface area contributed by atoms with E-state index in [9.17, 15) is 5.11 Å². The molecule has 1 heterocycles. The van der Waals surface area contributed by atoms with Crippen molar-refractivity contribution in [3.63, 3.8) is 0 Å². The van der Waals surface area contributed by atoms with Gasteiger partial charge in [0.1, 0.15) is 57.7 Å². The normalized spacial score (nSPS) is 22.4. The fourth-order valence-corrected chi connectivity index (χ4v) is 3.41. The number of hydrogen-bond donors (Lipinski definition) is 4. The lowest BCUT2D eigenvalue weighted by atomic mass is 10.1. The second kappa shape index (κ2) is 8.44. The minimum absolute atomic E-state index is 0.257. The molecule has 0 spiro atoms. The molecule has 1 atom stereocenters. The molecule has 1 aliphatic heterocycles. The Morgan fingerprint density at radius 1 is 0.958 bits per heavy atom. The first kappa shape index (κ1) is 17.2. The summed E-state index contributed by atoms with van der Waals surface area (Å²) >= 11 is 0. The maximum atomic E-state index is 10.3. The van der Waals surface area contributed by atoms with E-state index in [1.807, 2.05) is 30.3 Å². The number of aliphatic hydroxyl groups is 2. The van der Waals surface area contributed by atoms with Gasteiger partial charge < -0.3 is 24.7 Å². The summed E-state index contributed by atoms with van der Waals surface area (Å²) in [6.07, 6.45) is -0.453. The quantitative estimate of drug-likeness (QED) is 0.492. The van der Waals surface area contributed by atoms with Crippen molar-refractivity contribution in [3.05, 3.63) is 42.5 Å². The van der Waals surface area contributed by atoms with Crippen LogP contribution in [0.15, 0.2) is 42.5 Å². The predicted molar refractivity (Wildman–Crippen MR) is 93.7 cm³/mol. The van der Waals surface area contributed by atoms with Crippen molar-refractivity contribution in [1.29, 1.82) is 0 Å². The maximum Gasteiger partial charge on any atom is 0.137 e. The Hall–Kier alpha value is -1.66. The molecule has 1 saturated heterocycles. The standard InChI is InChI=1S/C19H26N2O3/c22-12-11-20-7-9-21(10-8-20)14-18(23)15-24-19-6-5-16-3-1-2-4-17(16)13-19/h1-6,13,18,22-23H,7-12,14-15H2/p+2. The maximum absolute atomic E-state index is 10.3. The Morgan fingerprint density at radius 3 is 2.42 bits per heavy atom. The van der Waals surface area contributed by atoms with Crippen LogP contribution in [0.25, 0.3) is 10.8 Å². The van der Waals surface area contributed by atoms with Crippen molar-refractivity contribution in [2.45, 2.75) is 6.10 Å². The van der Waals surface area contributed by atoms with Gasteiger partial charge in [-0.25, -0.2) is 0 Å². The highest BCUT2D eigenvalue weighted by Gasteiger charge is 2.24. The average Bonchev–Trinajstić information content (AvgIpc) is 2.62. The highest BCUT2D eigenvalue weighted by Crippen LogP contribution is 2.20. The van der Waals surface area contributed by atoms with Crippen LogP contribution in [0, 0.1) is 0 Å². The van der Waals surface area contributed by atoms with E-state index in [4.69, 9.17) is 9.84 Å². The summed E-state index contributed by atoms with van der Waals surface area (Å²) in [5, 5.41) is 21.6. The molecule has 5 heteroatoms. The van der Waals surface area contributed by atoms with E-state index >= 15 is 0 Å². The average molecular weight is 332 g/mol. The third-order valence-corrected chi connectivity index (χ3v) is 4.82. The molecule has 0 radical (unpaired) electrons. The van der Waals surface area contributed by atoms with Crippen LogP contribution < -0.4 is 14.5 Å². The van der Waals surface area contributed by atoms with Crippen LogP contribution in [0.5, 0.6) is 5.75 Å².